The van der Waals surface area contributed by atoms with Crippen molar-refractivity contribution >= 4 is 11.3 Å². The lowest BCUT2D eigenvalue weighted by Gasteiger charge is -2.11. The summed E-state index contributed by atoms with van der Waals surface area (Å²) in [5, 5.41) is 0. The Kier molecular flexibility index (Phi) is 3.39. The monoisotopic (exact) mass is 280 g/mol. The first-order valence-corrected chi connectivity index (χ1v) is 7.03. The van der Waals surface area contributed by atoms with Crippen molar-refractivity contribution in [3.8, 4) is 11.3 Å². The maximum atomic E-state index is 5.93. The van der Waals surface area contributed by atoms with Crippen molar-refractivity contribution in [2.45, 2.75) is 13.5 Å². The van der Waals surface area contributed by atoms with Gasteiger partial charge in [-0.25, -0.2) is 4.98 Å². The predicted molar refractivity (Wildman–Crippen MR) is 87.2 cm³/mol. The molecule has 4 heteroatoms. The summed E-state index contributed by atoms with van der Waals surface area (Å²) < 4.78 is 2.17. The van der Waals surface area contributed by atoms with E-state index in [9.17, 15) is 0 Å². The van der Waals surface area contributed by atoms with E-state index in [2.05, 4.69) is 54.7 Å². The van der Waals surface area contributed by atoms with Gasteiger partial charge in [0, 0.05) is 24.0 Å². The molecule has 3 rings (SSSR count). The van der Waals surface area contributed by atoms with Gasteiger partial charge in [-0.2, -0.15) is 0 Å². The SMILES string of the molecule is Cc1cccn2c(CN(C)C)c(-c3cccc(N)c3)nc12. The van der Waals surface area contributed by atoms with E-state index < -0.39 is 0 Å². The van der Waals surface area contributed by atoms with Crippen LogP contribution < -0.4 is 5.73 Å². The molecule has 0 saturated heterocycles. The highest BCUT2D eigenvalue weighted by molar-refractivity contribution is 5.70. The van der Waals surface area contributed by atoms with Crippen molar-refractivity contribution in [3.63, 3.8) is 0 Å². The highest BCUT2D eigenvalue weighted by Crippen LogP contribution is 2.27. The van der Waals surface area contributed by atoms with Gasteiger partial charge in [-0.05, 0) is 44.8 Å². The van der Waals surface area contributed by atoms with Gasteiger partial charge in [-0.3, -0.25) is 0 Å². The molecule has 0 fully saturated rings. The fraction of sp³-hybridized carbons (Fsp3) is 0.235. The number of hydrogen-bond donors (Lipinski definition) is 1. The van der Waals surface area contributed by atoms with Gasteiger partial charge in [-0.15, -0.1) is 0 Å². The number of nitrogen functional groups attached to an aromatic ring is 1. The minimum atomic E-state index is 0.761. The fourth-order valence-corrected chi connectivity index (χ4v) is 2.62. The van der Waals surface area contributed by atoms with Gasteiger partial charge in [0.1, 0.15) is 5.65 Å². The Hall–Kier alpha value is -2.33. The van der Waals surface area contributed by atoms with Gasteiger partial charge < -0.3 is 15.0 Å². The quantitative estimate of drug-likeness (QED) is 0.750. The zero-order chi connectivity index (χ0) is 15.0. The molecule has 4 nitrogen and oxygen atoms in total. The number of benzene rings is 1. The van der Waals surface area contributed by atoms with E-state index in [0.29, 0.717) is 0 Å². The number of nitrogens with zero attached hydrogens (tertiary/aromatic N) is 3. The molecule has 0 radical (unpaired) electrons. The molecule has 21 heavy (non-hydrogen) atoms. The van der Waals surface area contributed by atoms with Crippen LogP contribution in [0.5, 0.6) is 0 Å². The molecule has 3 aromatic rings. The van der Waals surface area contributed by atoms with Gasteiger partial charge in [0.2, 0.25) is 0 Å². The second kappa shape index (κ2) is 5.22. The molecule has 2 heterocycles. The first-order valence-electron chi connectivity index (χ1n) is 7.03. The van der Waals surface area contributed by atoms with Crippen molar-refractivity contribution in [3.05, 3.63) is 53.9 Å². The molecule has 0 amide bonds. The van der Waals surface area contributed by atoms with E-state index in [0.717, 1.165) is 29.1 Å². The Morgan fingerprint density at radius 2 is 2.00 bits per heavy atom. The molecule has 2 N–H and O–H groups in total. The summed E-state index contributed by atoms with van der Waals surface area (Å²) in [6, 6.07) is 12.1. The highest BCUT2D eigenvalue weighted by Gasteiger charge is 2.15. The van der Waals surface area contributed by atoms with E-state index in [1.54, 1.807) is 0 Å². The first kappa shape index (κ1) is 13.6. The molecule has 0 saturated carbocycles. The lowest BCUT2D eigenvalue weighted by Crippen LogP contribution is -2.13. The third kappa shape index (κ3) is 2.50. The average Bonchev–Trinajstić information content (AvgIpc) is 2.79. The fourth-order valence-electron chi connectivity index (χ4n) is 2.62. The second-order valence-corrected chi connectivity index (χ2v) is 5.66. The molecule has 2 aromatic heterocycles. The van der Waals surface area contributed by atoms with Gasteiger partial charge in [-0.1, -0.05) is 18.2 Å². The zero-order valence-corrected chi connectivity index (χ0v) is 12.7. The molecule has 0 atom stereocenters. The standard InChI is InChI=1S/C17H20N4/c1-12-6-5-9-21-15(11-20(2)3)16(19-17(12)21)13-7-4-8-14(18)10-13/h4-10H,11,18H2,1-3H3. The Morgan fingerprint density at radius 3 is 2.71 bits per heavy atom. The Bertz CT molecular complexity index is 787. The summed E-state index contributed by atoms with van der Waals surface area (Å²) in [7, 11) is 4.14. The average molecular weight is 280 g/mol. The number of aryl methyl sites for hydroxylation is 1. The van der Waals surface area contributed by atoms with Crippen LogP contribution in [0.15, 0.2) is 42.6 Å². The first-order chi connectivity index (χ1) is 10.1. The van der Waals surface area contributed by atoms with Gasteiger partial charge in [0.05, 0.1) is 11.4 Å². The Morgan fingerprint density at radius 1 is 1.19 bits per heavy atom. The molecule has 0 bridgehead atoms. The third-order valence-electron chi connectivity index (χ3n) is 3.57. The molecule has 108 valence electrons. The number of fused-ring (bicyclic) bond motifs is 1. The zero-order valence-electron chi connectivity index (χ0n) is 12.7. The summed E-state index contributed by atoms with van der Waals surface area (Å²) in [5.74, 6) is 0. The van der Waals surface area contributed by atoms with Crippen molar-refractivity contribution in [1.29, 1.82) is 0 Å². The van der Waals surface area contributed by atoms with Crippen LogP contribution in [-0.2, 0) is 6.54 Å². The number of hydrogen-bond acceptors (Lipinski definition) is 3. The number of imidazole rings is 1. The third-order valence-corrected chi connectivity index (χ3v) is 3.57. The highest BCUT2D eigenvalue weighted by atomic mass is 15.1. The summed E-state index contributed by atoms with van der Waals surface area (Å²) in [6.45, 7) is 2.92. The second-order valence-electron chi connectivity index (χ2n) is 5.66. The van der Waals surface area contributed by atoms with E-state index in [-0.39, 0.29) is 0 Å². The van der Waals surface area contributed by atoms with Crippen LogP contribution in [0.1, 0.15) is 11.3 Å². The van der Waals surface area contributed by atoms with E-state index in [1.807, 2.05) is 18.2 Å². The number of aromatic nitrogens is 2. The number of anilines is 1. The van der Waals surface area contributed by atoms with Gasteiger partial charge >= 0.3 is 0 Å². The van der Waals surface area contributed by atoms with Crippen molar-refractivity contribution < 1.29 is 0 Å². The predicted octanol–water partition coefficient (Wildman–Crippen LogP) is 2.95. The molecule has 0 spiro atoms. The lowest BCUT2D eigenvalue weighted by molar-refractivity contribution is 0.396. The number of pyridine rings is 1. The van der Waals surface area contributed by atoms with Crippen LogP contribution in [-0.4, -0.2) is 28.4 Å². The molecular formula is C17H20N4. The molecule has 0 aliphatic heterocycles. The number of nitrogens with two attached hydrogens (primary N) is 1. The van der Waals surface area contributed by atoms with Crippen molar-refractivity contribution in [1.82, 2.24) is 14.3 Å². The molecule has 0 aliphatic carbocycles. The smallest absolute Gasteiger partial charge is 0.140 e. The van der Waals surface area contributed by atoms with Crippen LogP contribution in [0.25, 0.3) is 16.9 Å². The van der Waals surface area contributed by atoms with Gasteiger partial charge in [0.25, 0.3) is 0 Å². The number of rotatable bonds is 3. The van der Waals surface area contributed by atoms with Crippen LogP contribution in [0.3, 0.4) is 0 Å². The van der Waals surface area contributed by atoms with Crippen LogP contribution in [0.4, 0.5) is 5.69 Å². The molecule has 0 unspecified atom stereocenters. The maximum Gasteiger partial charge on any atom is 0.140 e. The van der Waals surface area contributed by atoms with E-state index in [4.69, 9.17) is 10.7 Å². The Balaban J connectivity index is 2.28. The largest absolute Gasteiger partial charge is 0.399 e. The van der Waals surface area contributed by atoms with Gasteiger partial charge in [0.15, 0.2) is 0 Å². The normalized spacial score (nSPS) is 11.4. The van der Waals surface area contributed by atoms with Crippen LogP contribution in [0.2, 0.25) is 0 Å². The van der Waals surface area contributed by atoms with E-state index >= 15 is 0 Å². The van der Waals surface area contributed by atoms with Crippen LogP contribution >= 0.6 is 0 Å². The Labute approximate surface area is 124 Å². The lowest BCUT2D eigenvalue weighted by atomic mass is 10.1. The topological polar surface area (TPSA) is 46.6 Å². The molecule has 0 aliphatic rings. The van der Waals surface area contributed by atoms with Crippen molar-refractivity contribution in [2.24, 2.45) is 0 Å². The summed E-state index contributed by atoms with van der Waals surface area (Å²) in [5.41, 5.74) is 12.1. The summed E-state index contributed by atoms with van der Waals surface area (Å²) >= 11 is 0. The minimum absolute atomic E-state index is 0.761. The maximum absolute atomic E-state index is 5.93. The summed E-state index contributed by atoms with van der Waals surface area (Å²) in [6.07, 6.45) is 2.07. The van der Waals surface area contributed by atoms with Crippen LogP contribution in [0, 0.1) is 6.92 Å². The van der Waals surface area contributed by atoms with E-state index in [1.165, 1.54) is 11.3 Å². The molecule has 1 aromatic carbocycles. The minimum Gasteiger partial charge on any atom is -0.399 e. The summed E-state index contributed by atoms with van der Waals surface area (Å²) in [4.78, 5) is 7.01. The van der Waals surface area contributed by atoms with Crippen molar-refractivity contribution in [2.75, 3.05) is 19.8 Å². The molecular weight excluding hydrogens is 260 g/mol.